The highest BCUT2D eigenvalue weighted by molar-refractivity contribution is 5.97. The summed E-state index contributed by atoms with van der Waals surface area (Å²) >= 11 is 0. The SMILES string of the molecule is COc1cc2ncnc(-c3cn(C)nc3-c3ccccc3)c2cc1OC1CCN(C(=O)OC(C)(C)C)CC1. The lowest BCUT2D eigenvalue weighted by Gasteiger charge is -2.33. The van der Waals surface area contributed by atoms with Crippen LogP contribution >= 0.6 is 0 Å². The maximum absolute atomic E-state index is 12.5. The van der Waals surface area contributed by atoms with Gasteiger partial charge in [-0.25, -0.2) is 14.8 Å². The van der Waals surface area contributed by atoms with Gasteiger partial charge >= 0.3 is 6.09 Å². The maximum atomic E-state index is 12.5. The minimum Gasteiger partial charge on any atom is -0.493 e. The molecular weight excluding hydrogens is 482 g/mol. The molecule has 0 radical (unpaired) electrons. The van der Waals surface area contributed by atoms with E-state index in [4.69, 9.17) is 19.3 Å². The van der Waals surface area contributed by atoms with E-state index in [2.05, 4.69) is 9.97 Å². The van der Waals surface area contributed by atoms with Gasteiger partial charge in [-0.15, -0.1) is 0 Å². The number of rotatable bonds is 5. The molecule has 2 aromatic heterocycles. The molecule has 0 bridgehead atoms. The minimum absolute atomic E-state index is 0.0635. The van der Waals surface area contributed by atoms with Crippen molar-refractivity contribution in [2.45, 2.75) is 45.3 Å². The van der Waals surface area contributed by atoms with Gasteiger partial charge in [-0.05, 0) is 26.8 Å². The lowest BCUT2D eigenvalue weighted by atomic mass is 10.0. The average molecular weight is 516 g/mol. The van der Waals surface area contributed by atoms with Crippen LogP contribution in [0, 0.1) is 0 Å². The topological polar surface area (TPSA) is 91.6 Å². The van der Waals surface area contributed by atoms with Crippen LogP contribution in [0.15, 0.2) is 55.0 Å². The number of aromatic nitrogens is 4. The molecule has 0 saturated carbocycles. The van der Waals surface area contributed by atoms with Crippen molar-refractivity contribution < 1.29 is 19.0 Å². The van der Waals surface area contributed by atoms with Crippen molar-refractivity contribution in [1.29, 1.82) is 0 Å². The number of ether oxygens (including phenoxy) is 3. The van der Waals surface area contributed by atoms with E-state index in [-0.39, 0.29) is 12.2 Å². The molecule has 0 aliphatic carbocycles. The third-order valence-corrected chi connectivity index (χ3v) is 6.44. The Hall–Kier alpha value is -4.14. The zero-order chi connectivity index (χ0) is 26.9. The summed E-state index contributed by atoms with van der Waals surface area (Å²) in [5, 5.41) is 5.56. The quantitative estimate of drug-likeness (QED) is 0.347. The van der Waals surface area contributed by atoms with Gasteiger partial charge in [0.25, 0.3) is 0 Å². The summed E-state index contributed by atoms with van der Waals surface area (Å²) < 4.78 is 19.4. The summed E-state index contributed by atoms with van der Waals surface area (Å²) in [6.07, 6.45) is 4.57. The Morgan fingerprint density at radius 2 is 1.74 bits per heavy atom. The number of piperidine rings is 1. The van der Waals surface area contributed by atoms with Crippen LogP contribution in [-0.4, -0.2) is 62.6 Å². The number of hydrogen-bond acceptors (Lipinski definition) is 7. The Morgan fingerprint density at radius 1 is 1.00 bits per heavy atom. The van der Waals surface area contributed by atoms with Crippen molar-refractivity contribution in [2.75, 3.05) is 20.2 Å². The summed E-state index contributed by atoms with van der Waals surface area (Å²) in [5.41, 5.74) is 3.78. The Kier molecular flexibility index (Phi) is 6.93. The first kappa shape index (κ1) is 25.5. The van der Waals surface area contributed by atoms with Gasteiger partial charge in [0.2, 0.25) is 0 Å². The van der Waals surface area contributed by atoms with E-state index in [1.54, 1.807) is 23.0 Å². The van der Waals surface area contributed by atoms with E-state index < -0.39 is 5.60 Å². The van der Waals surface area contributed by atoms with Gasteiger partial charge in [-0.3, -0.25) is 4.68 Å². The number of amides is 1. The molecule has 0 N–H and O–H groups in total. The normalized spacial score (nSPS) is 14.5. The van der Waals surface area contributed by atoms with Gasteiger partial charge in [-0.1, -0.05) is 30.3 Å². The van der Waals surface area contributed by atoms with Crippen LogP contribution in [0.5, 0.6) is 11.5 Å². The molecule has 1 saturated heterocycles. The predicted octanol–water partition coefficient (Wildman–Crippen LogP) is 5.48. The van der Waals surface area contributed by atoms with Crippen LogP contribution in [0.4, 0.5) is 4.79 Å². The van der Waals surface area contributed by atoms with Crippen LogP contribution in [0.1, 0.15) is 33.6 Å². The van der Waals surface area contributed by atoms with Crippen molar-refractivity contribution in [1.82, 2.24) is 24.6 Å². The second-order valence-corrected chi connectivity index (χ2v) is 10.5. The van der Waals surface area contributed by atoms with E-state index >= 15 is 0 Å². The number of hydrogen-bond donors (Lipinski definition) is 0. The van der Waals surface area contributed by atoms with Gasteiger partial charge in [0.05, 0.1) is 18.3 Å². The summed E-state index contributed by atoms with van der Waals surface area (Å²) in [6.45, 7) is 6.76. The molecule has 3 heterocycles. The van der Waals surface area contributed by atoms with Gasteiger partial charge in [-0.2, -0.15) is 5.10 Å². The second kappa shape index (κ2) is 10.3. The maximum Gasteiger partial charge on any atom is 0.410 e. The fourth-order valence-corrected chi connectivity index (χ4v) is 4.66. The third kappa shape index (κ3) is 5.41. The minimum atomic E-state index is -0.517. The Labute approximate surface area is 222 Å². The average Bonchev–Trinajstić information content (AvgIpc) is 3.29. The third-order valence-electron chi connectivity index (χ3n) is 6.44. The first-order chi connectivity index (χ1) is 18.2. The van der Waals surface area contributed by atoms with E-state index in [1.165, 1.54) is 0 Å². The lowest BCUT2D eigenvalue weighted by molar-refractivity contribution is 0.0124. The van der Waals surface area contributed by atoms with E-state index in [1.807, 2.05) is 76.5 Å². The zero-order valence-corrected chi connectivity index (χ0v) is 22.5. The molecule has 198 valence electrons. The van der Waals surface area contributed by atoms with Gasteiger partial charge in [0.15, 0.2) is 11.5 Å². The first-order valence-electron chi connectivity index (χ1n) is 12.8. The number of nitrogens with zero attached hydrogens (tertiary/aromatic N) is 5. The van der Waals surface area contributed by atoms with E-state index in [0.717, 1.165) is 33.4 Å². The fraction of sp³-hybridized carbons (Fsp3) is 0.379. The molecule has 9 nitrogen and oxygen atoms in total. The number of carbonyl (C=O) groups is 1. The summed E-state index contributed by atoms with van der Waals surface area (Å²) in [6, 6.07) is 13.9. The van der Waals surface area contributed by atoms with Crippen molar-refractivity contribution in [3.8, 4) is 34.0 Å². The van der Waals surface area contributed by atoms with Gasteiger partial charge in [0, 0.05) is 61.8 Å². The van der Waals surface area contributed by atoms with Crippen LogP contribution in [-0.2, 0) is 11.8 Å². The molecule has 0 atom stereocenters. The molecule has 1 aliphatic heterocycles. The Bertz CT molecular complexity index is 1440. The molecule has 0 unspecified atom stereocenters. The molecule has 5 rings (SSSR count). The first-order valence-corrected chi connectivity index (χ1v) is 12.8. The molecular formula is C29H33N5O4. The monoisotopic (exact) mass is 515 g/mol. The van der Waals surface area contributed by atoms with Crippen LogP contribution in [0.2, 0.25) is 0 Å². The highest BCUT2D eigenvalue weighted by Gasteiger charge is 2.28. The zero-order valence-electron chi connectivity index (χ0n) is 22.5. The molecule has 2 aromatic carbocycles. The van der Waals surface area contributed by atoms with Crippen molar-refractivity contribution >= 4 is 17.0 Å². The molecule has 0 spiro atoms. The molecule has 1 fully saturated rings. The number of likely N-dealkylation sites (tertiary alicyclic amines) is 1. The van der Waals surface area contributed by atoms with Gasteiger partial charge < -0.3 is 19.1 Å². The highest BCUT2D eigenvalue weighted by Crippen LogP contribution is 2.39. The van der Waals surface area contributed by atoms with Gasteiger partial charge in [0.1, 0.15) is 23.7 Å². The fourth-order valence-electron chi connectivity index (χ4n) is 4.66. The Balaban J connectivity index is 1.44. The molecule has 38 heavy (non-hydrogen) atoms. The van der Waals surface area contributed by atoms with Crippen LogP contribution in [0.25, 0.3) is 33.4 Å². The molecule has 4 aromatic rings. The predicted molar refractivity (Wildman–Crippen MR) is 145 cm³/mol. The molecule has 1 amide bonds. The van der Waals surface area contributed by atoms with Crippen molar-refractivity contribution in [2.24, 2.45) is 7.05 Å². The van der Waals surface area contributed by atoms with E-state index in [9.17, 15) is 4.79 Å². The summed E-state index contributed by atoms with van der Waals surface area (Å²) in [5.74, 6) is 1.23. The number of methoxy groups -OCH3 is 1. The largest absolute Gasteiger partial charge is 0.493 e. The number of aryl methyl sites for hydroxylation is 1. The standard InChI is InChI=1S/C29H33N5O4/c1-29(2,3)38-28(35)34-13-11-20(12-14-34)37-25-15-21-23(16-24(25)36-5)30-18-31-27(21)22-17-33(4)32-26(22)19-9-7-6-8-10-19/h6-10,15-18,20H,11-14H2,1-5H3. The van der Waals surface area contributed by atoms with Crippen LogP contribution < -0.4 is 9.47 Å². The number of carbonyl (C=O) groups excluding carboxylic acids is 1. The highest BCUT2D eigenvalue weighted by atomic mass is 16.6. The van der Waals surface area contributed by atoms with E-state index in [0.29, 0.717) is 37.4 Å². The summed E-state index contributed by atoms with van der Waals surface area (Å²) in [4.78, 5) is 23.3. The molecule has 1 aliphatic rings. The van der Waals surface area contributed by atoms with Crippen molar-refractivity contribution in [3.05, 3.63) is 55.0 Å². The lowest BCUT2D eigenvalue weighted by Crippen LogP contribution is -2.44. The van der Waals surface area contributed by atoms with Crippen LogP contribution in [0.3, 0.4) is 0 Å². The number of fused-ring (bicyclic) bond motifs is 1. The molecule has 9 heteroatoms. The number of benzene rings is 2. The smallest absolute Gasteiger partial charge is 0.410 e. The second-order valence-electron chi connectivity index (χ2n) is 10.5. The summed E-state index contributed by atoms with van der Waals surface area (Å²) in [7, 11) is 3.52. The Morgan fingerprint density at radius 3 is 2.42 bits per heavy atom. The van der Waals surface area contributed by atoms with Crippen molar-refractivity contribution in [3.63, 3.8) is 0 Å².